The van der Waals surface area contributed by atoms with Crippen molar-refractivity contribution in [3.8, 4) is 0 Å². The van der Waals surface area contributed by atoms with Crippen LogP contribution in [0.2, 0.25) is 0 Å². The Bertz CT molecular complexity index is 187. The average Bonchev–Trinajstić information content (AvgIpc) is 2.21. The summed E-state index contributed by atoms with van der Waals surface area (Å²) in [4.78, 5) is 2.52. The van der Waals surface area contributed by atoms with Crippen molar-refractivity contribution in [1.82, 2.24) is 10.2 Å². The van der Waals surface area contributed by atoms with Crippen molar-refractivity contribution in [1.29, 1.82) is 0 Å². The molecule has 1 atom stereocenters. The minimum Gasteiger partial charge on any atom is -0.315 e. The highest BCUT2D eigenvalue weighted by atomic mass is 15.2. The molecule has 96 valence electrons. The molecule has 0 aliphatic rings. The highest BCUT2D eigenvalue weighted by molar-refractivity contribution is 4.94. The fraction of sp³-hybridized carbons (Fsp3) is 0.857. The summed E-state index contributed by atoms with van der Waals surface area (Å²) in [5, 5.41) is 3.53. The second kappa shape index (κ2) is 8.77. The summed E-state index contributed by atoms with van der Waals surface area (Å²) in [6.45, 7) is 19.5. The molecule has 0 rings (SSSR count). The molecule has 2 heteroatoms. The van der Waals surface area contributed by atoms with E-state index < -0.39 is 0 Å². The second-order valence-corrected chi connectivity index (χ2v) is 5.04. The van der Waals surface area contributed by atoms with E-state index in [1.165, 1.54) is 12.0 Å². The molecule has 0 spiro atoms. The summed E-state index contributed by atoms with van der Waals surface area (Å²) < 4.78 is 0. The lowest BCUT2D eigenvalue weighted by Gasteiger charge is -2.34. The van der Waals surface area contributed by atoms with Gasteiger partial charge in [0.15, 0.2) is 0 Å². The van der Waals surface area contributed by atoms with Crippen LogP contribution in [0.4, 0.5) is 0 Å². The van der Waals surface area contributed by atoms with Crippen LogP contribution in [0.25, 0.3) is 0 Å². The third-order valence-electron chi connectivity index (χ3n) is 2.90. The van der Waals surface area contributed by atoms with Gasteiger partial charge in [-0.1, -0.05) is 39.8 Å². The maximum Gasteiger partial charge on any atom is 0.0246 e. The molecule has 0 heterocycles. The number of rotatable bonds is 9. The Hall–Kier alpha value is -0.340. The van der Waals surface area contributed by atoms with Gasteiger partial charge in [0, 0.05) is 19.1 Å². The van der Waals surface area contributed by atoms with Crippen LogP contribution in [0.3, 0.4) is 0 Å². The Morgan fingerprint density at radius 1 is 1.31 bits per heavy atom. The van der Waals surface area contributed by atoms with Gasteiger partial charge in [0.1, 0.15) is 0 Å². The van der Waals surface area contributed by atoms with Gasteiger partial charge in [-0.25, -0.2) is 0 Å². The van der Waals surface area contributed by atoms with Crippen LogP contribution in [0.5, 0.6) is 0 Å². The normalized spacial score (nSPS) is 13.4. The lowest BCUT2D eigenvalue weighted by atomic mass is 10.0. The Kier molecular flexibility index (Phi) is 8.58. The molecular weight excluding hydrogens is 196 g/mol. The smallest absolute Gasteiger partial charge is 0.0246 e. The van der Waals surface area contributed by atoms with Crippen LogP contribution in [-0.4, -0.2) is 37.1 Å². The van der Waals surface area contributed by atoms with Crippen molar-refractivity contribution < 1.29 is 0 Å². The first kappa shape index (κ1) is 15.7. The van der Waals surface area contributed by atoms with E-state index in [0.717, 1.165) is 26.2 Å². The highest BCUT2D eigenvalue weighted by Crippen LogP contribution is 2.11. The first-order chi connectivity index (χ1) is 7.52. The second-order valence-electron chi connectivity index (χ2n) is 5.04. The number of nitrogens with one attached hydrogen (secondary N) is 1. The Morgan fingerprint density at radius 3 is 2.31 bits per heavy atom. The molecule has 0 bridgehead atoms. The summed E-state index contributed by atoms with van der Waals surface area (Å²) in [6, 6.07) is 0.619. The van der Waals surface area contributed by atoms with E-state index in [-0.39, 0.29) is 0 Å². The maximum absolute atomic E-state index is 4.02. The fourth-order valence-electron chi connectivity index (χ4n) is 2.02. The van der Waals surface area contributed by atoms with E-state index >= 15 is 0 Å². The van der Waals surface area contributed by atoms with Gasteiger partial charge in [-0.3, -0.25) is 4.90 Å². The van der Waals surface area contributed by atoms with Crippen LogP contribution in [0, 0.1) is 5.92 Å². The number of nitrogens with zero attached hydrogens (tertiary/aromatic N) is 1. The number of likely N-dealkylation sites (N-methyl/N-ethyl adjacent to an activating group) is 1. The molecule has 0 radical (unpaired) electrons. The van der Waals surface area contributed by atoms with Crippen molar-refractivity contribution in [3.05, 3.63) is 12.2 Å². The van der Waals surface area contributed by atoms with Gasteiger partial charge in [-0.15, -0.1) is 0 Å². The number of hydrogen-bond donors (Lipinski definition) is 1. The molecule has 2 nitrogen and oxygen atoms in total. The van der Waals surface area contributed by atoms with Gasteiger partial charge in [0.25, 0.3) is 0 Å². The minimum atomic E-state index is 0.619. The summed E-state index contributed by atoms with van der Waals surface area (Å²) in [5.41, 5.74) is 1.25. The van der Waals surface area contributed by atoms with E-state index in [1.807, 2.05) is 0 Å². The molecule has 0 aromatic heterocycles. The number of hydrogen-bond acceptors (Lipinski definition) is 2. The van der Waals surface area contributed by atoms with Gasteiger partial charge < -0.3 is 5.32 Å². The zero-order valence-corrected chi connectivity index (χ0v) is 11.8. The largest absolute Gasteiger partial charge is 0.315 e. The summed E-state index contributed by atoms with van der Waals surface area (Å²) in [7, 11) is 0. The maximum atomic E-state index is 4.02. The van der Waals surface area contributed by atoms with E-state index in [0.29, 0.717) is 12.0 Å². The average molecular weight is 226 g/mol. The molecular formula is C14H30N2. The quantitative estimate of drug-likeness (QED) is 0.480. The molecule has 1 N–H and O–H groups in total. The molecule has 0 aromatic carbocycles. The van der Waals surface area contributed by atoms with Crippen molar-refractivity contribution in [2.24, 2.45) is 5.92 Å². The predicted molar refractivity (Wildman–Crippen MR) is 73.8 cm³/mol. The standard InChI is InChI=1S/C14H30N2/c1-7-9-15-10-14(13(5)6)16(8-2)11-12(3)4/h13-15H,3,7-11H2,1-2,4-6H3. The lowest BCUT2D eigenvalue weighted by Crippen LogP contribution is -2.46. The molecule has 0 amide bonds. The van der Waals surface area contributed by atoms with E-state index in [2.05, 4.69) is 51.4 Å². The molecule has 1 unspecified atom stereocenters. The first-order valence-corrected chi connectivity index (χ1v) is 6.62. The van der Waals surface area contributed by atoms with Crippen molar-refractivity contribution >= 4 is 0 Å². The third-order valence-corrected chi connectivity index (χ3v) is 2.90. The van der Waals surface area contributed by atoms with Gasteiger partial charge in [-0.05, 0) is 32.4 Å². The summed E-state index contributed by atoms with van der Waals surface area (Å²) >= 11 is 0. The SMILES string of the molecule is C=C(C)CN(CC)C(CNCCC)C(C)C. The Labute approximate surface area is 102 Å². The van der Waals surface area contributed by atoms with Gasteiger partial charge in [0.2, 0.25) is 0 Å². The molecule has 16 heavy (non-hydrogen) atoms. The molecule has 0 aromatic rings. The van der Waals surface area contributed by atoms with Crippen LogP contribution < -0.4 is 5.32 Å². The van der Waals surface area contributed by atoms with Crippen LogP contribution in [-0.2, 0) is 0 Å². The topological polar surface area (TPSA) is 15.3 Å². The lowest BCUT2D eigenvalue weighted by molar-refractivity contribution is 0.172. The van der Waals surface area contributed by atoms with Crippen LogP contribution in [0.15, 0.2) is 12.2 Å². The van der Waals surface area contributed by atoms with Crippen LogP contribution in [0.1, 0.15) is 41.0 Å². The first-order valence-electron chi connectivity index (χ1n) is 6.62. The fourth-order valence-corrected chi connectivity index (χ4v) is 2.02. The van der Waals surface area contributed by atoms with Gasteiger partial charge in [0.05, 0.1) is 0 Å². The van der Waals surface area contributed by atoms with E-state index in [1.54, 1.807) is 0 Å². The summed E-state index contributed by atoms with van der Waals surface area (Å²) in [5.74, 6) is 0.684. The van der Waals surface area contributed by atoms with Crippen LogP contribution >= 0.6 is 0 Å². The Morgan fingerprint density at radius 2 is 1.94 bits per heavy atom. The minimum absolute atomic E-state index is 0.619. The third kappa shape index (κ3) is 6.29. The van der Waals surface area contributed by atoms with Gasteiger partial charge >= 0.3 is 0 Å². The molecule has 0 aliphatic carbocycles. The molecule has 0 saturated carbocycles. The van der Waals surface area contributed by atoms with E-state index in [9.17, 15) is 0 Å². The predicted octanol–water partition coefficient (Wildman–Crippen LogP) is 2.91. The summed E-state index contributed by atoms with van der Waals surface area (Å²) in [6.07, 6.45) is 1.21. The molecule has 0 saturated heterocycles. The Balaban J connectivity index is 4.28. The zero-order chi connectivity index (χ0) is 12.6. The van der Waals surface area contributed by atoms with Gasteiger partial charge in [-0.2, -0.15) is 0 Å². The van der Waals surface area contributed by atoms with Crippen molar-refractivity contribution in [2.75, 3.05) is 26.2 Å². The zero-order valence-electron chi connectivity index (χ0n) is 11.8. The molecule has 0 fully saturated rings. The van der Waals surface area contributed by atoms with Crippen molar-refractivity contribution in [3.63, 3.8) is 0 Å². The van der Waals surface area contributed by atoms with E-state index in [4.69, 9.17) is 0 Å². The molecule has 0 aliphatic heterocycles. The highest BCUT2D eigenvalue weighted by Gasteiger charge is 2.19. The van der Waals surface area contributed by atoms with Crippen molar-refractivity contribution in [2.45, 2.75) is 47.1 Å². The monoisotopic (exact) mass is 226 g/mol.